The van der Waals surface area contributed by atoms with Crippen LogP contribution in [0.5, 0.6) is 0 Å². The number of nitrogens with zero attached hydrogens (tertiary/aromatic N) is 3. The van der Waals surface area contributed by atoms with Crippen LogP contribution in [-0.4, -0.2) is 78.1 Å². The predicted molar refractivity (Wildman–Crippen MR) is 132 cm³/mol. The largest absolute Gasteiger partial charge is 0.378 e. The lowest BCUT2D eigenvalue weighted by molar-refractivity contribution is -0.153. The van der Waals surface area contributed by atoms with Gasteiger partial charge in [-0.1, -0.05) is 53.5 Å². The predicted octanol–water partition coefficient (Wildman–Crippen LogP) is 4.11. The molecular weight excluding hydrogens is 457 g/mol. The Morgan fingerprint density at radius 1 is 0.879 bits per heavy atom. The first kappa shape index (κ1) is 23.1. The van der Waals surface area contributed by atoms with Crippen LogP contribution in [0.2, 0.25) is 10.0 Å². The zero-order valence-electron chi connectivity index (χ0n) is 18.8. The van der Waals surface area contributed by atoms with Crippen molar-refractivity contribution in [2.24, 2.45) is 0 Å². The van der Waals surface area contributed by atoms with Crippen molar-refractivity contribution in [3.05, 3.63) is 69.7 Å². The van der Waals surface area contributed by atoms with E-state index in [-0.39, 0.29) is 24.0 Å². The van der Waals surface area contributed by atoms with Crippen molar-refractivity contribution in [3.63, 3.8) is 0 Å². The molecule has 0 aromatic heterocycles. The maximum absolute atomic E-state index is 13.6. The molecule has 0 N–H and O–H groups in total. The van der Waals surface area contributed by atoms with Gasteiger partial charge in [0.25, 0.3) is 0 Å². The molecule has 3 saturated heterocycles. The molecule has 0 saturated carbocycles. The molecule has 176 valence electrons. The Morgan fingerprint density at radius 3 is 2.30 bits per heavy atom. The summed E-state index contributed by atoms with van der Waals surface area (Å²) >= 11 is 12.4. The molecule has 5 nitrogen and oxygen atoms in total. The first-order valence-electron chi connectivity index (χ1n) is 11.9. The zero-order chi connectivity index (χ0) is 22.8. The second-order valence-electron chi connectivity index (χ2n) is 9.40. The molecule has 3 heterocycles. The lowest BCUT2D eigenvalue weighted by Crippen LogP contribution is -2.71. The number of fused-ring (bicyclic) bond motifs is 1. The lowest BCUT2D eigenvalue weighted by Gasteiger charge is -2.54. The molecule has 3 aliphatic heterocycles. The van der Waals surface area contributed by atoms with Crippen LogP contribution in [0, 0.1) is 0 Å². The molecule has 2 aromatic rings. The maximum Gasteiger partial charge on any atom is 0.227 e. The van der Waals surface area contributed by atoms with Gasteiger partial charge >= 0.3 is 0 Å². The van der Waals surface area contributed by atoms with E-state index in [1.807, 2.05) is 12.1 Å². The van der Waals surface area contributed by atoms with E-state index < -0.39 is 0 Å². The van der Waals surface area contributed by atoms with Crippen LogP contribution in [0.4, 0.5) is 0 Å². The molecule has 1 amide bonds. The van der Waals surface area contributed by atoms with E-state index in [4.69, 9.17) is 27.9 Å². The average molecular weight is 488 g/mol. The Balaban J connectivity index is 1.40. The van der Waals surface area contributed by atoms with Gasteiger partial charge in [0.05, 0.1) is 37.8 Å². The highest BCUT2D eigenvalue weighted by Crippen LogP contribution is 2.31. The van der Waals surface area contributed by atoms with Crippen LogP contribution >= 0.6 is 23.2 Å². The van der Waals surface area contributed by atoms with Gasteiger partial charge < -0.3 is 9.64 Å². The van der Waals surface area contributed by atoms with Gasteiger partial charge in [-0.25, -0.2) is 0 Å². The van der Waals surface area contributed by atoms with Crippen molar-refractivity contribution in [2.75, 3.05) is 39.4 Å². The Morgan fingerprint density at radius 2 is 1.58 bits per heavy atom. The van der Waals surface area contributed by atoms with Gasteiger partial charge in [-0.15, -0.1) is 0 Å². The molecule has 1 unspecified atom stereocenters. The number of ether oxygens (including phenoxy) is 1. The van der Waals surface area contributed by atoms with Gasteiger partial charge in [0.15, 0.2) is 0 Å². The molecule has 3 fully saturated rings. The van der Waals surface area contributed by atoms with Crippen molar-refractivity contribution in [1.82, 2.24) is 14.7 Å². The summed E-state index contributed by atoms with van der Waals surface area (Å²) < 4.78 is 6.15. The van der Waals surface area contributed by atoms with E-state index in [0.717, 1.165) is 38.3 Å². The minimum atomic E-state index is 0.122. The van der Waals surface area contributed by atoms with Gasteiger partial charge in [-0.3, -0.25) is 14.6 Å². The van der Waals surface area contributed by atoms with Gasteiger partial charge in [0.2, 0.25) is 5.91 Å². The molecule has 0 radical (unpaired) electrons. The van der Waals surface area contributed by atoms with Gasteiger partial charge in [0.1, 0.15) is 0 Å². The second-order valence-corrected chi connectivity index (χ2v) is 10.3. The summed E-state index contributed by atoms with van der Waals surface area (Å²) in [6.07, 6.45) is 2.75. The Hall–Kier alpha value is -1.63. The van der Waals surface area contributed by atoms with Crippen molar-refractivity contribution in [1.29, 1.82) is 0 Å². The van der Waals surface area contributed by atoms with Crippen molar-refractivity contribution < 1.29 is 9.53 Å². The number of carbonyl (C=O) groups excluding carboxylic acids is 1. The molecule has 3 aliphatic rings. The minimum Gasteiger partial charge on any atom is -0.378 e. The number of rotatable bonds is 5. The summed E-state index contributed by atoms with van der Waals surface area (Å²) in [5, 5.41) is 1.13. The maximum atomic E-state index is 13.6. The van der Waals surface area contributed by atoms with Crippen molar-refractivity contribution >= 4 is 29.1 Å². The normalized spacial score (nSPS) is 26.4. The monoisotopic (exact) mass is 487 g/mol. The van der Waals surface area contributed by atoms with E-state index in [9.17, 15) is 4.79 Å². The third-order valence-electron chi connectivity index (χ3n) is 7.26. The number of likely N-dealkylation sites (tertiary alicyclic amines) is 1. The van der Waals surface area contributed by atoms with Crippen LogP contribution in [0.25, 0.3) is 0 Å². The highest BCUT2D eigenvalue weighted by Gasteiger charge is 2.47. The third kappa shape index (κ3) is 5.23. The molecule has 2 aromatic carbocycles. The molecular formula is C26H31Cl2N3O2. The quantitative estimate of drug-likeness (QED) is 0.635. The topological polar surface area (TPSA) is 36.0 Å². The number of hydrogen-bond acceptors (Lipinski definition) is 4. The third-order valence-corrected chi connectivity index (χ3v) is 7.70. The summed E-state index contributed by atoms with van der Waals surface area (Å²) in [6.45, 7) is 5.97. The number of benzene rings is 2. The van der Waals surface area contributed by atoms with Crippen LogP contribution < -0.4 is 0 Å². The minimum absolute atomic E-state index is 0.122. The number of halogens is 2. The fraction of sp³-hybridized carbons (Fsp3) is 0.500. The summed E-state index contributed by atoms with van der Waals surface area (Å²) in [4.78, 5) is 20.8. The fourth-order valence-electron chi connectivity index (χ4n) is 5.74. The van der Waals surface area contributed by atoms with Gasteiger partial charge in [-0.2, -0.15) is 0 Å². The molecule has 0 aliphatic carbocycles. The molecule has 7 heteroatoms. The van der Waals surface area contributed by atoms with E-state index >= 15 is 0 Å². The Labute approximate surface area is 206 Å². The van der Waals surface area contributed by atoms with Crippen LogP contribution in [0.1, 0.15) is 24.0 Å². The number of amides is 1. The van der Waals surface area contributed by atoms with E-state index in [1.165, 1.54) is 18.4 Å². The summed E-state index contributed by atoms with van der Waals surface area (Å²) in [6, 6.07) is 16.5. The molecule has 33 heavy (non-hydrogen) atoms. The zero-order valence-corrected chi connectivity index (χ0v) is 20.3. The molecule has 3 atom stereocenters. The number of carbonyl (C=O) groups is 1. The summed E-state index contributed by atoms with van der Waals surface area (Å²) in [5.74, 6) is 0.147. The summed E-state index contributed by atoms with van der Waals surface area (Å²) in [7, 11) is 0. The standard InChI is InChI=1S/C26H31Cl2N3O2/c27-21-12-20(13-22(28)15-21)14-25(32)31-11-10-30(16-19-6-2-1-3-7-19)24-18-33-17-23(26(24)31)29-8-4-5-9-29/h1-3,6-7,12-13,15,23-24,26H,4-5,8-11,14,16-18H2/t23-,24?,26+/m0/s1. The molecule has 0 spiro atoms. The van der Waals surface area contributed by atoms with Crippen LogP contribution in [0.15, 0.2) is 48.5 Å². The number of hydrogen-bond donors (Lipinski definition) is 0. The van der Waals surface area contributed by atoms with Crippen molar-refractivity contribution in [2.45, 2.75) is 43.9 Å². The smallest absolute Gasteiger partial charge is 0.227 e. The van der Waals surface area contributed by atoms with Crippen LogP contribution in [0.3, 0.4) is 0 Å². The van der Waals surface area contributed by atoms with Crippen LogP contribution in [-0.2, 0) is 22.5 Å². The highest BCUT2D eigenvalue weighted by atomic mass is 35.5. The molecule has 0 bridgehead atoms. The van der Waals surface area contributed by atoms with E-state index in [1.54, 1.807) is 6.07 Å². The second kappa shape index (κ2) is 10.3. The van der Waals surface area contributed by atoms with E-state index in [2.05, 4.69) is 45.0 Å². The SMILES string of the molecule is O=C(Cc1cc(Cl)cc(Cl)c1)N1CCN(Cc2ccccc2)C2COC[C@H](N3CCCC3)[C@H]21. The molecule has 5 rings (SSSR count). The highest BCUT2D eigenvalue weighted by molar-refractivity contribution is 6.34. The van der Waals surface area contributed by atoms with Crippen molar-refractivity contribution in [3.8, 4) is 0 Å². The Kier molecular flexibility index (Phi) is 7.24. The lowest BCUT2D eigenvalue weighted by atomic mass is 9.90. The summed E-state index contributed by atoms with van der Waals surface area (Å²) in [5.41, 5.74) is 2.17. The van der Waals surface area contributed by atoms with Gasteiger partial charge in [-0.05, 0) is 55.3 Å². The Bertz CT molecular complexity index is 947. The average Bonchev–Trinajstić information content (AvgIpc) is 3.34. The van der Waals surface area contributed by atoms with Gasteiger partial charge in [0, 0.05) is 29.7 Å². The van der Waals surface area contributed by atoms with E-state index in [0.29, 0.717) is 29.7 Å². The first-order chi connectivity index (χ1) is 16.1. The number of piperazine rings is 1. The first-order valence-corrected chi connectivity index (χ1v) is 12.7. The fourth-order valence-corrected chi connectivity index (χ4v) is 6.31.